The number of carbonyl (C=O) groups is 3. The van der Waals surface area contributed by atoms with E-state index in [1.807, 2.05) is 37.3 Å². The number of hydrogen-bond donors (Lipinski definition) is 0. The van der Waals surface area contributed by atoms with Crippen LogP contribution < -0.4 is 0 Å². The molecule has 4 rings (SSSR count). The fourth-order valence-corrected chi connectivity index (χ4v) is 3.90. The molecule has 0 spiro atoms. The summed E-state index contributed by atoms with van der Waals surface area (Å²) in [7, 11) is 0. The van der Waals surface area contributed by atoms with Crippen molar-refractivity contribution in [2.75, 3.05) is 19.7 Å². The number of fused-ring (bicyclic) bond motifs is 1. The van der Waals surface area contributed by atoms with E-state index in [0.717, 1.165) is 18.4 Å². The molecule has 3 amide bonds. The highest BCUT2D eigenvalue weighted by Gasteiger charge is 2.38. The molecule has 0 radical (unpaired) electrons. The van der Waals surface area contributed by atoms with Crippen molar-refractivity contribution >= 4 is 17.7 Å². The summed E-state index contributed by atoms with van der Waals surface area (Å²) in [4.78, 5) is 41.5. The van der Waals surface area contributed by atoms with Crippen molar-refractivity contribution in [2.45, 2.75) is 32.4 Å². The molecular weight excluding hydrogens is 368 g/mol. The van der Waals surface area contributed by atoms with Gasteiger partial charge in [-0.15, -0.1) is 0 Å². The third-order valence-corrected chi connectivity index (χ3v) is 5.51. The maximum absolute atomic E-state index is 13.0. The largest absolute Gasteiger partial charge is 0.376 e. The van der Waals surface area contributed by atoms with E-state index in [0.29, 0.717) is 36.4 Å². The highest BCUT2D eigenvalue weighted by molar-refractivity contribution is 6.22. The lowest BCUT2D eigenvalue weighted by Crippen LogP contribution is -2.36. The van der Waals surface area contributed by atoms with Crippen LogP contribution in [0.4, 0.5) is 0 Å². The van der Waals surface area contributed by atoms with Gasteiger partial charge >= 0.3 is 0 Å². The first-order chi connectivity index (χ1) is 14.1. The summed E-state index contributed by atoms with van der Waals surface area (Å²) in [6, 6.07) is 14.6. The Bertz CT molecular complexity index is 935. The predicted molar refractivity (Wildman–Crippen MR) is 108 cm³/mol. The van der Waals surface area contributed by atoms with E-state index in [2.05, 4.69) is 0 Å². The van der Waals surface area contributed by atoms with E-state index in [4.69, 9.17) is 4.74 Å². The average Bonchev–Trinajstić information content (AvgIpc) is 3.35. The van der Waals surface area contributed by atoms with Crippen LogP contribution in [-0.4, -0.2) is 53.3 Å². The number of benzene rings is 2. The Morgan fingerprint density at radius 2 is 1.86 bits per heavy atom. The molecule has 1 fully saturated rings. The molecular formula is C23H24N2O4. The molecule has 150 valence electrons. The van der Waals surface area contributed by atoms with Crippen molar-refractivity contribution < 1.29 is 19.1 Å². The molecule has 1 atom stereocenters. The lowest BCUT2D eigenvalue weighted by molar-refractivity contribution is 0.0475. The third-order valence-electron chi connectivity index (χ3n) is 5.51. The van der Waals surface area contributed by atoms with Crippen LogP contribution in [0, 0.1) is 0 Å². The second kappa shape index (κ2) is 8.17. The van der Waals surface area contributed by atoms with Crippen LogP contribution in [0.1, 0.15) is 56.4 Å². The van der Waals surface area contributed by atoms with Crippen LogP contribution in [0.3, 0.4) is 0 Å². The first-order valence-electron chi connectivity index (χ1n) is 10.0. The molecule has 2 aromatic rings. The van der Waals surface area contributed by atoms with E-state index >= 15 is 0 Å². The highest BCUT2D eigenvalue weighted by Crippen LogP contribution is 2.26. The van der Waals surface area contributed by atoms with Gasteiger partial charge in [-0.05, 0) is 43.5 Å². The lowest BCUT2D eigenvalue weighted by atomic mass is 10.0. The summed E-state index contributed by atoms with van der Waals surface area (Å²) >= 11 is 0. The molecule has 0 bridgehead atoms. The van der Waals surface area contributed by atoms with E-state index < -0.39 is 0 Å². The number of hydrogen-bond acceptors (Lipinski definition) is 4. The minimum atomic E-state index is -0.346. The van der Waals surface area contributed by atoms with Gasteiger partial charge in [0.25, 0.3) is 17.7 Å². The zero-order valence-corrected chi connectivity index (χ0v) is 16.5. The zero-order chi connectivity index (χ0) is 20.4. The molecule has 6 nitrogen and oxygen atoms in total. The van der Waals surface area contributed by atoms with Crippen LogP contribution in [0.25, 0.3) is 0 Å². The Kier molecular flexibility index (Phi) is 5.45. The summed E-state index contributed by atoms with van der Waals surface area (Å²) in [5.41, 5.74) is 2.12. The zero-order valence-electron chi connectivity index (χ0n) is 16.5. The fourth-order valence-electron chi connectivity index (χ4n) is 3.90. The number of carbonyl (C=O) groups excluding carboxylic acids is 3. The molecule has 1 unspecified atom stereocenters. The topological polar surface area (TPSA) is 66.9 Å². The first kappa shape index (κ1) is 19.3. The van der Waals surface area contributed by atoms with Gasteiger partial charge in [0.05, 0.1) is 23.8 Å². The van der Waals surface area contributed by atoms with E-state index in [1.165, 1.54) is 4.90 Å². The summed E-state index contributed by atoms with van der Waals surface area (Å²) < 4.78 is 5.57. The Morgan fingerprint density at radius 1 is 1.10 bits per heavy atom. The second-order valence-corrected chi connectivity index (χ2v) is 7.42. The van der Waals surface area contributed by atoms with Gasteiger partial charge in [0.15, 0.2) is 0 Å². The summed E-state index contributed by atoms with van der Waals surface area (Å²) in [6.45, 7) is 3.89. The first-order valence-corrected chi connectivity index (χ1v) is 10.0. The van der Waals surface area contributed by atoms with Crippen molar-refractivity contribution in [3.8, 4) is 0 Å². The van der Waals surface area contributed by atoms with Crippen LogP contribution in [-0.2, 0) is 11.3 Å². The van der Waals surface area contributed by atoms with Crippen LogP contribution in [0.2, 0.25) is 0 Å². The molecule has 0 aliphatic carbocycles. The lowest BCUT2D eigenvalue weighted by Gasteiger charge is -2.21. The van der Waals surface area contributed by atoms with Gasteiger partial charge in [0.2, 0.25) is 0 Å². The van der Waals surface area contributed by atoms with Crippen molar-refractivity contribution in [1.82, 2.24) is 9.80 Å². The van der Waals surface area contributed by atoms with E-state index in [9.17, 15) is 14.4 Å². The Morgan fingerprint density at radius 3 is 2.55 bits per heavy atom. The smallest absolute Gasteiger partial charge is 0.261 e. The van der Waals surface area contributed by atoms with Gasteiger partial charge in [-0.1, -0.05) is 30.3 Å². The molecule has 2 aliphatic rings. The third kappa shape index (κ3) is 3.80. The van der Waals surface area contributed by atoms with Gasteiger partial charge in [0.1, 0.15) is 0 Å². The Labute approximate surface area is 170 Å². The van der Waals surface area contributed by atoms with Crippen molar-refractivity contribution in [3.05, 3.63) is 70.8 Å². The molecule has 6 heteroatoms. The average molecular weight is 392 g/mol. The van der Waals surface area contributed by atoms with Gasteiger partial charge in [-0.2, -0.15) is 0 Å². The van der Waals surface area contributed by atoms with Gasteiger partial charge in [-0.25, -0.2) is 0 Å². The predicted octanol–water partition coefficient (Wildman–Crippen LogP) is 3.12. The number of nitrogens with zero attached hydrogens (tertiary/aromatic N) is 2. The quantitative estimate of drug-likeness (QED) is 0.709. The monoisotopic (exact) mass is 392 g/mol. The standard InChI is InChI=1S/C23H24N2O4/c1-2-24(14-16-7-4-3-5-8-16)21(26)17-10-11-19-20(13-17)23(28)25(22(19)27)15-18-9-6-12-29-18/h3-5,7-8,10-11,13,18H,2,6,9,12,14-15H2,1H3. The highest BCUT2D eigenvalue weighted by atomic mass is 16.5. The van der Waals surface area contributed by atoms with E-state index in [1.54, 1.807) is 23.1 Å². The minimum Gasteiger partial charge on any atom is -0.376 e. The Balaban J connectivity index is 1.54. The molecule has 2 aromatic carbocycles. The molecule has 29 heavy (non-hydrogen) atoms. The molecule has 1 saturated heterocycles. The molecule has 0 saturated carbocycles. The molecule has 0 N–H and O–H groups in total. The van der Waals surface area contributed by atoms with Crippen LogP contribution in [0.5, 0.6) is 0 Å². The molecule has 0 aromatic heterocycles. The summed E-state index contributed by atoms with van der Waals surface area (Å²) in [6.07, 6.45) is 1.70. The van der Waals surface area contributed by atoms with Crippen molar-refractivity contribution in [3.63, 3.8) is 0 Å². The minimum absolute atomic E-state index is 0.0974. The Hall–Kier alpha value is -2.99. The molecule has 2 heterocycles. The summed E-state index contributed by atoms with van der Waals surface area (Å²) in [5, 5.41) is 0. The van der Waals surface area contributed by atoms with Gasteiger partial charge < -0.3 is 9.64 Å². The maximum Gasteiger partial charge on any atom is 0.261 e. The van der Waals surface area contributed by atoms with E-state index in [-0.39, 0.29) is 30.4 Å². The number of amides is 3. The number of rotatable bonds is 6. The van der Waals surface area contributed by atoms with Crippen molar-refractivity contribution in [1.29, 1.82) is 0 Å². The maximum atomic E-state index is 13.0. The number of imide groups is 1. The van der Waals surface area contributed by atoms with Gasteiger partial charge in [0, 0.05) is 25.3 Å². The number of ether oxygens (including phenoxy) is 1. The fraction of sp³-hybridized carbons (Fsp3) is 0.348. The van der Waals surface area contributed by atoms with Crippen molar-refractivity contribution in [2.24, 2.45) is 0 Å². The SMILES string of the molecule is CCN(Cc1ccccc1)C(=O)c1ccc2c(c1)C(=O)N(CC1CCCO1)C2=O. The normalized spacial score (nSPS) is 18.2. The summed E-state index contributed by atoms with van der Waals surface area (Å²) in [5.74, 6) is -0.811. The van der Waals surface area contributed by atoms with Gasteiger partial charge in [-0.3, -0.25) is 19.3 Å². The molecule has 2 aliphatic heterocycles. The second-order valence-electron chi connectivity index (χ2n) is 7.42. The van der Waals surface area contributed by atoms with Crippen LogP contribution in [0.15, 0.2) is 48.5 Å². The van der Waals surface area contributed by atoms with Crippen LogP contribution >= 0.6 is 0 Å².